The molecule has 1 saturated heterocycles. The molecule has 1 aliphatic rings. The summed E-state index contributed by atoms with van der Waals surface area (Å²) in [4.78, 5) is 18.8. The number of imidazole rings is 1. The molecule has 0 radical (unpaired) electrons. The fourth-order valence-electron chi connectivity index (χ4n) is 3.08. The van der Waals surface area contributed by atoms with Gasteiger partial charge in [-0.2, -0.15) is 0 Å². The monoisotopic (exact) mass is 315 g/mol. The van der Waals surface area contributed by atoms with Crippen molar-refractivity contribution in [3.63, 3.8) is 0 Å². The van der Waals surface area contributed by atoms with Gasteiger partial charge in [-0.15, -0.1) is 0 Å². The van der Waals surface area contributed by atoms with Crippen LogP contribution in [0.25, 0.3) is 5.65 Å². The number of carbonyl (C=O) groups is 1. The fraction of sp³-hybridized carbons (Fsp3) is 0.529. The minimum absolute atomic E-state index is 0.0799. The first-order chi connectivity index (χ1) is 11.2. The van der Waals surface area contributed by atoms with Gasteiger partial charge in [-0.3, -0.25) is 0 Å². The van der Waals surface area contributed by atoms with E-state index in [-0.39, 0.29) is 6.03 Å². The Morgan fingerprint density at radius 2 is 2.30 bits per heavy atom. The van der Waals surface area contributed by atoms with E-state index < -0.39 is 0 Å². The molecule has 1 unspecified atom stereocenters. The predicted molar refractivity (Wildman–Crippen MR) is 90.5 cm³/mol. The third-order valence-electron chi connectivity index (χ3n) is 4.45. The van der Waals surface area contributed by atoms with Crippen molar-refractivity contribution in [3.8, 4) is 0 Å². The second-order valence-electron chi connectivity index (χ2n) is 6.13. The Morgan fingerprint density at radius 3 is 3.09 bits per heavy atom. The first-order valence-electron chi connectivity index (χ1n) is 8.41. The maximum atomic E-state index is 11.9. The summed E-state index contributed by atoms with van der Waals surface area (Å²) in [6.45, 7) is 6.89. The molecular formula is C17H25N5O. The molecule has 2 amide bonds. The van der Waals surface area contributed by atoms with Crippen LogP contribution in [0, 0.1) is 5.92 Å². The van der Waals surface area contributed by atoms with Crippen LogP contribution < -0.4 is 10.6 Å². The summed E-state index contributed by atoms with van der Waals surface area (Å²) in [7, 11) is 0. The van der Waals surface area contributed by atoms with E-state index in [2.05, 4.69) is 27.4 Å². The molecule has 0 aliphatic carbocycles. The van der Waals surface area contributed by atoms with Crippen molar-refractivity contribution in [1.29, 1.82) is 0 Å². The lowest BCUT2D eigenvalue weighted by molar-refractivity contribution is 0.238. The van der Waals surface area contributed by atoms with Crippen molar-refractivity contribution in [2.75, 3.05) is 32.7 Å². The molecule has 3 heterocycles. The highest BCUT2D eigenvalue weighted by atomic mass is 16.2. The van der Waals surface area contributed by atoms with Crippen LogP contribution in [0.5, 0.6) is 0 Å². The lowest BCUT2D eigenvalue weighted by Crippen LogP contribution is -2.39. The van der Waals surface area contributed by atoms with Gasteiger partial charge in [0.25, 0.3) is 0 Å². The maximum absolute atomic E-state index is 11.9. The van der Waals surface area contributed by atoms with Crippen molar-refractivity contribution in [2.24, 2.45) is 5.92 Å². The molecule has 2 aromatic heterocycles. The second kappa shape index (κ2) is 7.46. The summed E-state index contributed by atoms with van der Waals surface area (Å²) in [6, 6.07) is 5.85. The highest BCUT2D eigenvalue weighted by Crippen LogP contribution is 2.14. The van der Waals surface area contributed by atoms with Gasteiger partial charge in [0.1, 0.15) is 5.65 Å². The Balaban J connectivity index is 1.36. The summed E-state index contributed by atoms with van der Waals surface area (Å²) in [5, 5.41) is 5.89. The SMILES string of the molecule is CCN1CCC(CNC(=O)NCCc2cn3ccccc3n2)C1. The van der Waals surface area contributed by atoms with Crippen molar-refractivity contribution in [3.05, 3.63) is 36.3 Å². The zero-order chi connectivity index (χ0) is 16.1. The van der Waals surface area contributed by atoms with E-state index in [1.807, 2.05) is 35.0 Å². The van der Waals surface area contributed by atoms with Crippen LogP contribution in [0.2, 0.25) is 0 Å². The Morgan fingerprint density at radius 1 is 1.39 bits per heavy atom. The largest absolute Gasteiger partial charge is 0.338 e. The summed E-state index contributed by atoms with van der Waals surface area (Å²) in [6.07, 6.45) is 5.90. The molecule has 0 bridgehead atoms. The molecule has 2 aromatic rings. The fourth-order valence-corrected chi connectivity index (χ4v) is 3.08. The van der Waals surface area contributed by atoms with Gasteiger partial charge in [0.05, 0.1) is 5.69 Å². The normalized spacial score (nSPS) is 18.4. The van der Waals surface area contributed by atoms with Crippen molar-refractivity contribution >= 4 is 11.7 Å². The standard InChI is InChI=1S/C17H25N5O/c1-2-21-10-7-14(12-21)11-19-17(23)18-8-6-15-13-22-9-4-3-5-16(22)20-15/h3-5,9,13-14H,2,6-8,10-12H2,1H3,(H2,18,19,23). The molecule has 3 rings (SSSR count). The minimum Gasteiger partial charge on any atom is -0.338 e. The number of nitrogens with one attached hydrogen (secondary N) is 2. The number of nitrogens with zero attached hydrogens (tertiary/aromatic N) is 3. The number of amides is 2. The van der Waals surface area contributed by atoms with Crippen LogP contribution in [0.15, 0.2) is 30.6 Å². The molecule has 1 atom stereocenters. The third kappa shape index (κ3) is 4.22. The Bertz CT molecular complexity index is 620. The number of rotatable bonds is 6. The number of urea groups is 1. The average molecular weight is 315 g/mol. The van der Waals surface area contributed by atoms with Crippen molar-refractivity contribution in [1.82, 2.24) is 24.9 Å². The number of aromatic nitrogens is 2. The molecule has 0 saturated carbocycles. The van der Waals surface area contributed by atoms with Gasteiger partial charge in [-0.05, 0) is 37.6 Å². The molecule has 23 heavy (non-hydrogen) atoms. The van der Waals surface area contributed by atoms with E-state index in [1.54, 1.807) is 0 Å². The van der Waals surface area contributed by atoms with Crippen LogP contribution >= 0.6 is 0 Å². The number of likely N-dealkylation sites (tertiary alicyclic amines) is 1. The first kappa shape index (κ1) is 15.8. The third-order valence-corrected chi connectivity index (χ3v) is 4.45. The van der Waals surface area contributed by atoms with Crippen molar-refractivity contribution < 1.29 is 4.79 Å². The maximum Gasteiger partial charge on any atom is 0.314 e. The summed E-state index contributed by atoms with van der Waals surface area (Å²) < 4.78 is 2.00. The number of pyridine rings is 1. The zero-order valence-corrected chi connectivity index (χ0v) is 13.7. The Kier molecular flexibility index (Phi) is 5.12. The van der Waals surface area contributed by atoms with E-state index in [9.17, 15) is 4.79 Å². The van der Waals surface area contributed by atoms with Gasteiger partial charge in [-0.1, -0.05) is 13.0 Å². The Hall–Kier alpha value is -2.08. The zero-order valence-electron chi connectivity index (χ0n) is 13.7. The summed E-state index contributed by atoms with van der Waals surface area (Å²) in [5.41, 5.74) is 1.93. The van der Waals surface area contributed by atoms with Crippen molar-refractivity contribution in [2.45, 2.75) is 19.8 Å². The lowest BCUT2D eigenvalue weighted by atomic mass is 10.1. The van der Waals surface area contributed by atoms with Crippen LogP contribution in [0.3, 0.4) is 0 Å². The molecule has 1 fully saturated rings. The molecule has 124 valence electrons. The number of hydrogen-bond acceptors (Lipinski definition) is 3. The van der Waals surface area contributed by atoms with Gasteiger partial charge in [0.2, 0.25) is 0 Å². The van der Waals surface area contributed by atoms with E-state index in [4.69, 9.17) is 0 Å². The summed E-state index contributed by atoms with van der Waals surface area (Å²) >= 11 is 0. The predicted octanol–water partition coefficient (Wildman–Crippen LogP) is 1.52. The number of hydrogen-bond donors (Lipinski definition) is 2. The first-order valence-corrected chi connectivity index (χ1v) is 8.41. The molecule has 2 N–H and O–H groups in total. The van der Waals surface area contributed by atoms with Gasteiger partial charge in [0, 0.05) is 38.4 Å². The smallest absolute Gasteiger partial charge is 0.314 e. The van der Waals surface area contributed by atoms with Crippen LogP contribution in [0.1, 0.15) is 19.0 Å². The second-order valence-corrected chi connectivity index (χ2v) is 6.13. The topological polar surface area (TPSA) is 61.7 Å². The number of fused-ring (bicyclic) bond motifs is 1. The minimum atomic E-state index is -0.0799. The van der Waals surface area contributed by atoms with Gasteiger partial charge in [0.15, 0.2) is 0 Å². The quantitative estimate of drug-likeness (QED) is 0.849. The van der Waals surface area contributed by atoms with E-state index >= 15 is 0 Å². The van der Waals surface area contributed by atoms with E-state index in [0.29, 0.717) is 12.5 Å². The molecule has 0 aromatic carbocycles. The van der Waals surface area contributed by atoms with Gasteiger partial charge >= 0.3 is 6.03 Å². The van der Waals surface area contributed by atoms with E-state index in [0.717, 1.165) is 43.9 Å². The Labute approximate surface area is 136 Å². The molecule has 6 heteroatoms. The van der Waals surface area contributed by atoms with Gasteiger partial charge < -0.3 is 19.9 Å². The average Bonchev–Trinajstić information content (AvgIpc) is 3.19. The highest BCUT2D eigenvalue weighted by Gasteiger charge is 2.21. The number of carbonyl (C=O) groups excluding carboxylic acids is 1. The van der Waals surface area contributed by atoms with Gasteiger partial charge in [-0.25, -0.2) is 9.78 Å². The molecule has 0 spiro atoms. The molecule has 6 nitrogen and oxygen atoms in total. The molecular weight excluding hydrogens is 290 g/mol. The van der Waals surface area contributed by atoms with E-state index in [1.165, 1.54) is 6.42 Å². The summed E-state index contributed by atoms with van der Waals surface area (Å²) in [5.74, 6) is 0.583. The lowest BCUT2D eigenvalue weighted by Gasteiger charge is -2.14. The highest BCUT2D eigenvalue weighted by molar-refractivity contribution is 5.73. The van der Waals surface area contributed by atoms with Crippen LogP contribution in [-0.4, -0.2) is 53.0 Å². The molecule has 1 aliphatic heterocycles. The van der Waals surface area contributed by atoms with Crippen LogP contribution in [-0.2, 0) is 6.42 Å². The van der Waals surface area contributed by atoms with Crippen LogP contribution in [0.4, 0.5) is 4.79 Å².